The zero-order valence-corrected chi connectivity index (χ0v) is 11.2. The molecule has 1 aromatic carbocycles. The maximum absolute atomic E-state index is 11.3. The second kappa shape index (κ2) is 4.44. The summed E-state index contributed by atoms with van der Waals surface area (Å²) in [6, 6.07) is 4.37. The quantitative estimate of drug-likeness (QED) is 0.799. The summed E-state index contributed by atoms with van der Waals surface area (Å²) < 4.78 is 0. The second-order valence-corrected chi connectivity index (χ2v) is 5.86. The van der Waals surface area contributed by atoms with E-state index < -0.39 is 5.97 Å². The van der Waals surface area contributed by atoms with Gasteiger partial charge in [-0.15, -0.1) is 0 Å². The highest BCUT2D eigenvalue weighted by molar-refractivity contribution is 5.95. The largest absolute Gasteiger partial charge is 0.478 e. The van der Waals surface area contributed by atoms with Gasteiger partial charge in [0.2, 0.25) is 0 Å². The number of benzene rings is 1. The predicted molar refractivity (Wildman–Crippen MR) is 75.6 cm³/mol. The summed E-state index contributed by atoms with van der Waals surface area (Å²) in [6.45, 7) is 2.94. The first-order valence-electron chi connectivity index (χ1n) is 6.96. The number of hydrogen-bond donors (Lipinski definition) is 2. The summed E-state index contributed by atoms with van der Waals surface area (Å²) in [6.07, 6.45) is 5.06. The lowest BCUT2D eigenvalue weighted by Crippen LogP contribution is -2.28. The van der Waals surface area contributed by atoms with Gasteiger partial charge in [0.25, 0.3) is 0 Å². The van der Waals surface area contributed by atoms with Gasteiger partial charge in [-0.1, -0.05) is 0 Å². The van der Waals surface area contributed by atoms with E-state index in [0.717, 1.165) is 23.7 Å². The molecule has 2 aliphatic carbocycles. The number of carbonyl (C=O) groups is 1. The zero-order valence-electron chi connectivity index (χ0n) is 11.2. The van der Waals surface area contributed by atoms with Crippen molar-refractivity contribution in [1.82, 2.24) is 0 Å². The van der Waals surface area contributed by atoms with Gasteiger partial charge in [0.15, 0.2) is 0 Å². The minimum atomic E-state index is -0.940. The molecule has 2 aliphatic rings. The minimum absolute atomic E-state index is 0.233. The van der Waals surface area contributed by atoms with Gasteiger partial charge in [0.1, 0.15) is 0 Å². The van der Waals surface area contributed by atoms with Crippen molar-refractivity contribution < 1.29 is 9.90 Å². The molecular weight excluding hydrogens is 240 g/mol. The van der Waals surface area contributed by atoms with Crippen LogP contribution in [0.2, 0.25) is 0 Å². The molecular formula is C15H20N2O2. The highest BCUT2D eigenvalue weighted by Crippen LogP contribution is 2.39. The van der Waals surface area contributed by atoms with Gasteiger partial charge in [0, 0.05) is 24.0 Å². The van der Waals surface area contributed by atoms with E-state index in [1.165, 1.54) is 25.7 Å². The topological polar surface area (TPSA) is 66.6 Å². The fraction of sp³-hybridized carbons (Fsp3) is 0.533. The Morgan fingerprint density at radius 2 is 2.05 bits per heavy atom. The maximum Gasteiger partial charge on any atom is 0.337 e. The SMILES string of the molecule is Cc1cc(N(CC2CC2)C2CC2)cc(C(=O)O)c1N. The van der Waals surface area contributed by atoms with Gasteiger partial charge in [0.05, 0.1) is 5.56 Å². The Morgan fingerprint density at radius 1 is 1.37 bits per heavy atom. The summed E-state index contributed by atoms with van der Waals surface area (Å²) in [4.78, 5) is 13.7. The lowest BCUT2D eigenvalue weighted by atomic mass is 10.1. The molecule has 0 saturated heterocycles. The predicted octanol–water partition coefficient (Wildman–Crippen LogP) is 2.65. The number of aryl methyl sites for hydroxylation is 1. The van der Waals surface area contributed by atoms with Crippen LogP contribution < -0.4 is 10.6 Å². The van der Waals surface area contributed by atoms with Crippen molar-refractivity contribution in [3.05, 3.63) is 23.3 Å². The summed E-state index contributed by atoms with van der Waals surface area (Å²) in [5.74, 6) is -0.142. The summed E-state index contributed by atoms with van der Waals surface area (Å²) in [7, 11) is 0. The van der Waals surface area contributed by atoms with Crippen LogP contribution in [0.4, 0.5) is 11.4 Å². The van der Waals surface area contributed by atoms with Crippen LogP contribution in [-0.4, -0.2) is 23.7 Å². The molecule has 0 bridgehead atoms. The van der Waals surface area contributed by atoms with E-state index in [9.17, 15) is 9.90 Å². The van der Waals surface area contributed by atoms with Gasteiger partial charge >= 0.3 is 5.97 Å². The van der Waals surface area contributed by atoms with E-state index in [0.29, 0.717) is 11.7 Å². The minimum Gasteiger partial charge on any atom is -0.478 e. The molecule has 0 heterocycles. The molecule has 4 nitrogen and oxygen atoms in total. The molecule has 0 atom stereocenters. The third-order valence-electron chi connectivity index (χ3n) is 4.07. The fourth-order valence-corrected chi connectivity index (χ4v) is 2.55. The summed E-state index contributed by atoms with van der Waals surface area (Å²) in [5.41, 5.74) is 8.36. The standard InChI is InChI=1S/C15H20N2O2/c1-9-6-12(7-13(14(9)16)15(18)19)17(11-4-5-11)8-10-2-3-10/h6-7,10-11H,2-5,8,16H2,1H3,(H,18,19). The first-order chi connectivity index (χ1) is 9.06. The van der Waals surface area contributed by atoms with Crippen LogP contribution in [0.1, 0.15) is 41.6 Å². The molecule has 0 spiro atoms. The van der Waals surface area contributed by atoms with Gasteiger partial charge in [-0.3, -0.25) is 0 Å². The van der Waals surface area contributed by atoms with Crippen molar-refractivity contribution in [2.75, 3.05) is 17.2 Å². The first kappa shape index (κ1) is 12.3. The van der Waals surface area contributed by atoms with Crippen LogP contribution >= 0.6 is 0 Å². The molecule has 19 heavy (non-hydrogen) atoms. The van der Waals surface area contributed by atoms with Crippen LogP contribution in [-0.2, 0) is 0 Å². The molecule has 3 rings (SSSR count). The Bertz CT molecular complexity index is 519. The molecule has 0 unspecified atom stereocenters. The monoisotopic (exact) mass is 260 g/mol. The highest BCUT2D eigenvalue weighted by atomic mass is 16.4. The van der Waals surface area contributed by atoms with Crippen molar-refractivity contribution in [2.24, 2.45) is 5.92 Å². The Balaban J connectivity index is 1.95. The Labute approximate surface area is 113 Å². The third-order valence-corrected chi connectivity index (χ3v) is 4.07. The molecule has 0 radical (unpaired) electrons. The number of nitrogen functional groups attached to an aromatic ring is 1. The van der Waals surface area contributed by atoms with E-state index in [1.54, 1.807) is 6.07 Å². The van der Waals surface area contributed by atoms with Crippen LogP contribution in [0.3, 0.4) is 0 Å². The van der Waals surface area contributed by atoms with Crippen LogP contribution in [0.5, 0.6) is 0 Å². The molecule has 0 aromatic heterocycles. The van der Waals surface area contributed by atoms with Crippen molar-refractivity contribution in [3.8, 4) is 0 Å². The molecule has 2 fully saturated rings. The number of aromatic carboxylic acids is 1. The molecule has 4 heteroatoms. The van der Waals surface area contributed by atoms with Gasteiger partial charge in [-0.05, 0) is 56.2 Å². The molecule has 1 aromatic rings. The second-order valence-electron chi connectivity index (χ2n) is 5.86. The first-order valence-corrected chi connectivity index (χ1v) is 6.96. The summed E-state index contributed by atoms with van der Waals surface area (Å²) in [5, 5.41) is 9.25. The van der Waals surface area contributed by atoms with E-state index in [-0.39, 0.29) is 5.56 Å². The maximum atomic E-state index is 11.3. The molecule has 3 N–H and O–H groups in total. The van der Waals surface area contributed by atoms with E-state index in [4.69, 9.17) is 5.73 Å². The molecule has 0 amide bonds. The number of nitrogens with two attached hydrogens (primary N) is 1. The fourth-order valence-electron chi connectivity index (χ4n) is 2.55. The third kappa shape index (κ3) is 2.53. The normalized spacial score (nSPS) is 18.4. The zero-order chi connectivity index (χ0) is 13.6. The van der Waals surface area contributed by atoms with E-state index >= 15 is 0 Å². The van der Waals surface area contributed by atoms with Crippen molar-refractivity contribution in [3.63, 3.8) is 0 Å². The highest BCUT2D eigenvalue weighted by Gasteiger charge is 2.34. The van der Waals surface area contributed by atoms with Crippen LogP contribution in [0.15, 0.2) is 12.1 Å². The van der Waals surface area contributed by atoms with Crippen LogP contribution in [0, 0.1) is 12.8 Å². The van der Waals surface area contributed by atoms with Crippen molar-refractivity contribution in [1.29, 1.82) is 0 Å². The lowest BCUT2D eigenvalue weighted by Gasteiger charge is -2.26. The van der Waals surface area contributed by atoms with Crippen LogP contribution in [0.25, 0.3) is 0 Å². The van der Waals surface area contributed by atoms with Crippen molar-refractivity contribution >= 4 is 17.3 Å². The number of nitrogens with zero attached hydrogens (tertiary/aromatic N) is 1. The van der Waals surface area contributed by atoms with Crippen molar-refractivity contribution in [2.45, 2.75) is 38.6 Å². The number of carboxylic acid groups (broad SMARTS) is 1. The lowest BCUT2D eigenvalue weighted by molar-refractivity contribution is 0.0698. The number of rotatable bonds is 5. The Hall–Kier alpha value is -1.71. The van der Waals surface area contributed by atoms with Gasteiger partial charge in [-0.25, -0.2) is 4.79 Å². The molecule has 102 valence electrons. The van der Waals surface area contributed by atoms with Gasteiger partial charge < -0.3 is 15.7 Å². The average Bonchev–Trinajstić information content (AvgIpc) is 3.23. The molecule has 0 aliphatic heterocycles. The average molecular weight is 260 g/mol. The smallest absolute Gasteiger partial charge is 0.337 e. The Kier molecular flexibility index (Phi) is 2.88. The Morgan fingerprint density at radius 3 is 2.58 bits per heavy atom. The summed E-state index contributed by atoms with van der Waals surface area (Å²) >= 11 is 0. The number of carboxylic acids is 1. The number of hydrogen-bond acceptors (Lipinski definition) is 3. The van der Waals surface area contributed by atoms with Gasteiger partial charge in [-0.2, -0.15) is 0 Å². The van der Waals surface area contributed by atoms with E-state index in [2.05, 4.69) is 4.90 Å². The van der Waals surface area contributed by atoms with E-state index in [1.807, 2.05) is 13.0 Å². The molecule has 2 saturated carbocycles. The number of anilines is 2.